The van der Waals surface area contributed by atoms with Crippen LogP contribution in [0.5, 0.6) is 0 Å². The number of nitrogens with two attached hydrogens (primary N) is 1. The number of fused-ring (bicyclic) bond motifs is 1. The van der Waals surface area contributed by atoms with E-state index in [9.17, 15) is 17.7 Å². The van der Waals surface area contributed by atoms with Crippen molar-refractivity contribution in [2.24, 2.45) is 0 Å². The molecule has 0 aliphatic heterocycles. The van der Waals surface area contributed by atoms with Gasteiger partial charge >= 0.3 is 6.18 Å². The molecule has 3 aromatic heterocycles. The summed E-state index contributed by atoms with van der Waals surface area (Å²) >= 11 is -0.475. The number of nitrogen functional groups attached to an aromatic ring is 1. The third-order valence-corrected chi connectivity index (χ3v) is 6.81. The minimum Gasteiger partial charge on any atom is -0.611 e. The number of halogens is 3. The maximum absolute atomic E-state index is 13.6. The minimum atomic E-state index is -4.60. The largest absolute Gasteiger partial charge is 0.611 e. The number of aromatic nitrogens is 2. The summed E-state index contributed by atoms with van der Waals surface area (Å²) in [6.07, 6.45) is -0.0690. The van der Waals surface area contributed by atoms with E-state index >= 15 is 0 Å². The molecule has 0 saturated heterocycles. The van der Waals surface area contributed by atoms with Crippen molar-refractivity contribution in [3.8, 4) is 11.3 Å². The summed E-state index contributed by atoms with van der Waals surface area (Å²) in [4.78, 5) is 8.39. The van der Waals surface area contributed by atoms with Gasteiger partial charge in [-0.2, -0.15) is 13.2 Å². The smallest absolute Gasteiger partial charge is 0.417 e. The maximum atomic E-state index is 13.6. The zero-order valence-electron chi connectivity index (χ0n) is 13.8. The molecule has 0 amide bonds. The van der Waals surface area contributed by atoms with Crippen LogP contribution in [0.1, 0.15) is 25.3 Å². The number of anilines is 1. The fourth-order valence-corrected chi connectivity index (χ4v) is 5.32. The molecule has 3 aromatic rings. The van der Waals surface area contributed by atoms with Crippen LogP contribution >= 0.6 is 11.3 Å². The molecule has 0 aliphatic rings. The fraction of sp³-hybridized carbons (Fsp3) is 0.294. The van der Waals surface area contributed by atoms with E-state index < -0.39 is 22.9 Å². The van der Waals surface area contributed by atoms with Crippen molar-refractivity contribution in [1.82, 2.24) is 9.97 Å². The van der Waals surface area contributed by atoms with Gasteiger partial charge in [0.25, 0.3) is 0 Å². The highest BCUT2D eigenvalue weighted by molar-refractivity contribution is 7.93. The average molecular weight is 399 g/mol. The molecule has 0 fully saturated rings. The number of alkyl halides is 3. The summed E-state index contributed by atoms with van der Waals surface area (Å²) in [5.41, 5.74) is 5.64. The van der Waals surface area contributed by atoms with Gasteiger partial charge in [0.15, 0.2) is 0 Å². The molecular weight excluding hydrogens is 383 g/mol. The topological polar surface area (TPSA) is 74.9 Å². The van der Waals surface area contributed by atoms with Crippen LogP contribution in [0.15, 0.2) is 34.8 Å². The fourth-order valence-electron chi connectivity index (χ4n) is 2.52. The monoisotopic (exact) mass is 399 g/mol. The quantitative estimate of drug-likeness (QED) is 0.621. The molecule has 0 radical (unpaired) electrons. The highest BCUT2D eigenvalue weighted by Crippen LogP contribution is 2.45. The number of thiophene rings is 1. The Morgan fingerprint density at radius 3 is 2.73 bits per heavy atom. The van der Waals surface area contributed by atoms with Crippen LogP contribution in [-0.4, -0.2) is 20.3 Å². The Kier molecular flexibility index (Phi) is 5.40. The maximum Gasteiger partial charge on any atom is 0.417 e. The van der Waals surface area contributed by atoms with Crippen LogP contribution in [0.25, 0.3) is 21.5 Å². The van der Waals surface area contributed by atoms with Gasteiger partial charge in [-0.25, -0.2) is 4.98 Å². The molecule has 3 rings (SSSR count). The van der Waals surface area contributed by atoms with Gasteiger partial charge in [0.2, 0.25) is 4.21 Å². The lowest BCUT2D eigenvalue weighted by Crippen LogP contribution is -2.09. The summed E-state index contributed by atoms with van der Waals surface area (Å²) in [6.45, 7) is 1.95. The Morgan fingerprint density at radius 1 is 1.35 bits per heavy atom. The highest BCUT2D eigenvalue weighted by Gasteiger charge is 2.37. The Hall–Kier alpha value is -1.84. The predicted octanol–water partition coefficient (Wildman–Crippen LogP) is 4.87. The Bertz CT molecular complexity index is 913. The summed E-state index contributed by atoms with van der Waals surface area (Å²) in [6, 6.07) is 4.24. The van der Waals surface area contributed by atoms with Gasteiger partial charge < -0.3 is 10.3 Å². The van der Waals surface area contributed by atoms with Crippen molar-refractivity contribution in [2.75, 3.05) is 11.5 Å². The van der Waals surface area contributed by atoms with E-state index in [0.717, 1.165) is 23.8 Å². The normalized spacial score (nSPS) is 13.3. The van der Waals surface area contributed by atoms with Crippen molar-refractivity contribution in [3.05, 3.63) is 36.2 Å². The number of hydrogen-bond acceptors (Lipinski definition) is 5. The molecule has 26 heavy (non-hydrogen) atoms. The summed E-state index contributed by atoms with van der Waals surface area (Å²) in [5, 5.41) is -0.171. The van der Waals surface area contributed by atoms with Crippen LogP contribution in [0, 0.1) is 0 Å². The van der Waals surface area contributed by atoms with Crippen molar-refractivity contribution >= 4 is 38.4 Å². The third kappa shape index (κ3) is 3.65. The molecule has 0 aromatic carbocycles. The van der Waals surface area contributed by atoms with Crippen LogP contribution in [0.2, 0.25) is 0 Å². The number of hydrogen-bond donors (Lipinski definition) is 1. The zero-order valence-corrected chi connectivity index (χ0v) is 15.5. The van der Waals surface area contributed by atoms with Crippen molar-refractivity contribution in [3.63, 3.8) is 0 Å². The molecule has 9 heteroatoms. The summed E-state index contributed by atoms with van der Waals surface area (Å²) < 4.78 is 53.6. The van der Waals surface area contributed by atoms with Gasteiger partial charge in [-0.3, -0.25) is 4.98 Å². The first-order chi connectivity index (χ1) is 12.3. The standard InChI is InChI=1S/C17H16F3N3OS2/c1-2-3-7-26(24)16-14(21)13-11(17(18,19)20)8-12(23-15(13)25-16)10-5-4-6-22-9-10/h4-6,8-9H,2-3,7,21H2,1H3/t26-/m1/s1. The zero-order chi connectivity index (χ0) is 18.9. The summed E-state index contributed by atoms with van der Waals surface area (Å²) in [7, 11) is 0. The third-order valence-electron chi connectivity index (χ3n) is 3.82. The van der Waals surface area contributed by atoms with Crippen LogP contribution in [0.3, 0.4) is 0 Å². The molecule has 2 N–H and O–H groups in total. The average Bonchev–Trinajstić information content (AvgIpc) is 2.95. The lowest BCUT2D eigenvalue weighted by atomic mass is 10.1. The molecular formula is C17H16F3N3OS2. The molecule has 3 heterocycles. The first-order valence-electron chi connectivity index (χ1n) is 7.92. The van der Waals surface area contributed by atoms with Crippen molar-refractivity contribution in [1.29, 1.82) is 0 Å². The van der Waals surface area contributed by atoms with E-state index in [1.54, 1.807) is 12.1 Å². The van der Waals surface area contributed by atoms with E-state index in [2.05, 4.69) is 9.97 Å². The SMILES string of the molecule is CCCC[S@@+]([O-])c1sc2nc(-c3cccnc3)cc(C(F)(F)F)c2c1N. The Labute approximate surface area is 155 Å². The lowest BCUT2D eigenvalue weighted by Gasteiger charge is -2.11. The number of rotatable bonds is 5. The van der Waals surface area contributed by atoms with Gasteiger partial charge in [-0.1, -0.05) is 24.7 Å². The molecule has 0 unspecified atom stereocenters. The second kappa shape index (κ2) is 7.42. The Morgan fingerprint density at radius 2 is 2.12 bits per heavy atom. The van der Waals surface area contributed by atoms with E-state index in [1.807, 2.05) is 6.92 Å². The molecule has 0 bridgehead atoms. The van der Waals surface area contributed by atoms with Gasteiger partial charge in [0.05, 0.1) is 16.6 Å². The lowest BCUT2D eigenvalue weighted by molar-refractivity contribution is -0.136. The highest BCUT2D eigenvalue weighted by atomic mass is 32.2. The molecule has 0 aliphatic carbocycles. The van der Waals surface area contributed by atoms with Crippen LogP contribution < -0.4 is 5.73 Å². The van der Waals surface area contributed by atoms with Crippen LogP contribution in [-0.2, 0) is 17.4 Å². The van der Waals surface area contributed by atoms with Crippen molar-refractivity contribution < 1.29 is 17.7 Å². The van der Waals surface area contributed by atoms with E-state index in [1.165, 1.54) is 12.4 Å². The molecule has 0 spiro atoms. The number of nitrogens with zero attached hydrogens (tertiary/aromatic N) is 2. The number of pyridine rings is 2. The number of unbranched alkanes of at least 4 members (excludes halogenated alkanes) is 1. The molecule has 138 valence electrons. The van der Waals surface area contributed by atoms with E-state index in [4.69, 9.17) is 5.73 Å². The molecule has 0 saturated carbocycles. The first kappa shape index (κ1) is 18.9. The van der Waals surface area contributed by atoms with Gasteiger partial charge in [-0.05, 0) is 35.8 Å². The molecule has 4 nitrogen and oxygen atoms in total. The van der Waals surface area contributed by atoms with Gasteiger partial charge in [0.1, 0.15) is 16.3 Å². The van der Waals surface area contributed by atoms with E-state index in [0.29, 0.717) is 17.7 Å². The minimum absolute atomic E-state index is 0.0861. The molecule has 1 atom stereocenters. The first-order valence-corrected chi connectivity index (χ1v) is 10.1. The second-order valence-corrected chi connectivity index (χ2v) is 8.45. The van der Waals surface area contributed by atoms with E-state index in [-0.39, 0.29) is 25.8 Å². The van der Waals surface area contributed by atoms with Crippen molar-refractivity contribution in [2.45, 2.75) is 30.2 Å². The predicted molar refractivity (Wildman–Crippen MR) is 98.4 cm³/mol. The van der Waals surface area contributed by atoms with Gasteiger partial charge in [-0.15, -0.1) is 0 Å². The summed E-state index contributed by atoms with van der Waals surface area (Å²) in [5.74, 6) is 0.365. The van der Waals surface area contributed by atoms with Gasteiger partial charge in [0, 0.05) is 18.0 Å². The second-order valence-electron chi connectivity index (χ2n) is 5.68. The van der Waals surface area contributed by atoms with Crippen LogP contribution in [0.4, 0.5) is 18.9 Å². The Balaban J connectivity index is 2.21.